The Morgan fingerprint density at radius 2 is 2.05 bits per heavy atom. The summed E-state index contributed by atoms with van der Waals surface area (Å²) in [5.41, 5.74) is -0.179. The lowest BCUT2D eigenvalue weighted by molar-refractivity contribution is 0.205. The monoisotopic (exact) mass is 296 g/mol. The van der Waals surface area contributed by atoms with Gasteiger partial charge in [-0.3, -0.25) is 0 Å². The van der Waals surface area contributed by atoms with Gasteiger partial charge in [0.2, 0.25) is 0 Å². The highest BCUT2D eigenvalue weighted by Gasteiger charge is 2.20. The molecule has 0 aliphatic rings. The third-order valence-corrected chi connectivity index (χ3v) is 2.93. The summed E-state index contributed by atoms with van der Waals surface area (Å²) in [6, 6.07) is 3.87. The lowest BCUT2D eigenvalue weighted by Crippen LogP contribution is -2.30. The van der Waals surface area contributed by atoms with Crippen molar-refractivity contribution in [1.29, 1.82) is 5.26 Å². The zero-order valence-electron chi connectivity index (χ0n) is 12.5. The van der Waals surface area contributed by atoms with E-state index in [0.717, 1.165) is 5.82 Å². The summed E-state index contributed by atoms with van der Waals surface area (Å²) in [5, 5.41) is 9.18. The molecule has 1 rings (SSSR count). The van der Waals surface area contributed by atoms with Gasteiger partial charge in [0.05, 0.1) is 19.1 Å². The maximum Gasteiger partial charge on any atom is 0.137 e. The molecule has 0 radical (unpaired) electrons. The van der Waals surface area contributed by atoms with Crippen LogP contribution in [0.25, 0.3) is 0 Å². The van der Waals surface area contributed by atoms with Gasteiger partial charge in [0, 0.05) is 31.7 Å². The highest BCUT2D eigenvalue weighted by Crippen LogP contribution is 2.24. The number of aromatic nitrogens is 2. The van der Waals surface area contributed by atoms with E-state index in [9.17, 15) is 0 Å². The molecule has 0 aliphatic heterocycles. The molecule has 0 saturated heterocycles. The first-order valence-corrected chi connectivity index (χ1v) is 6.92. The number of nitriles is 1. The van der Waals surface area contributed by atoms with Crippen LogP contribution >= 0.6 is 11.6 Å². The van der Waals surface area contributed by atoms with Crippen molar-refractivity contribution in [3.05, 3.63) is 17.0 Å². The van der Waals surface area contributed by atoms with Crippen molar-refractivity contribution in [3.63, 3.8) is 0 Å². The number of hydrogen-bond donors (Lipinski definition) is 0. The third-order valence-electron chi connectivity index (χ3n) is 2.74. The number of ether oxygens (including phenoxy) is 1. The van der Waals surface area contributed by atoms with E-state index in [4.69, 9.17) is 21.6 Å². The average Bonchev–Trinajstić information content (AvgIpc) is 2.37. The summed E-state index contributed by atoms with van der Waals surface area (Å²) in [6.07, 6.45) is 0.427. The fourth-order valence-electron chi connectivity index (χ4n) is 1.63. The maximum absolute atomic E-state index is 8.76. The van der Waals surface area contributed by atoms with Gasteiger partial charge in [-0.1, -0.05) is 32.4 Å². The highest BCUT2D eigenvalue weighted by atomic mass is 35.5. The second-order valence-electron chi connectivity index (χ2n) is 5.51. The highest BCUT2D eigenvalue weighted by molar-refractivity contribution is 6.29. The van der Waals surface area contributed by atoms with Crippen LogP contribution in [0.2, 0.25) is 5.15 Å². The van der Waals surface area contributed by atoms with E-state index in [0.29, 0.717) is 37.1 Å². The van der Waals surface area contributed by atoms with Crippen molar-refractivity contribution in [2.24, 2.45) is 0 Å². The number of nitrogens with zero attached hydrogens (tertiary/aromatic N) is 4. The molecule has 0 fully saturated rings. The Kier molecular flexibility index (Phi) is 6.18. The largest absolute Gasteiger partial charge is 0.383 e. The van der Waals surface area contributed by atoms with E-state index < -0.39 is 0 Å². The van der Waals surface area contributed by atoms with Crippen LogP contribution in [-0.4, -0.2) is 36.8 Å². The molecule has 0 bridgehead atoms. The van der Waals surface area contributed by atoms with Gasteiger partial charge in [-0.05, 0) is 0 Å². The topological polar surface area (TPSA) is 62.0 Å². The summed E-state index contributed by atoms with van der Waals surface area (Å²) in [7, 11) is 1.65. The van der Waals surface area contributed by atoms with Crippen molar-refractivity contribution in [3.8, 4) is 6.07 Å². The molecule has 0 atom stereocenters. The normalized spacial score (nSPS) is 11.2. The molecule has 0 saturated carbocycles. The quantitative estimate of drug-likeness (QED) is 0.755. The molecule has 0 amide bonds. The smallest absolute Gasteiger partial charge is 0.137 e. The zero-order chi connectivity index (χ0) is 15.2. The van der Waals surface area contributed by atoms with E-state index in [1.807, 2.05) is 25.7 Å². The summed E-state index contributed by atoms with van der Waals surface area (Å²) >= 11 is 6.09. The van der Waals surface area contributed by atoms with Gasteiger partial charge in [0.25, 0.3) is 0 Å². The molecule has 0 spiro atoms. The molecule has 0 aromatic carbocycles. The minimum absolute atomic E-state index is 0.179. The molecule has 110 valence electrons. The molecule has 1 aromatic heterocycles. The van der Waals surface area contributed by atoms with Crippen molar-refractivity contribution >= 4 is 17.4 Å². The van der Waals surface area contributed by atoms with Crippen molar-refractivity contribution in [1.82, 2.24) is 9.97 Å². The summed E-state index contributed by atoms with van der Waals surface area (Å²) in [4.78, 5) is 10.9. The maximum atomic E-state index is 8.76. The zero-order valence-corrected chi connectivity index (χ0v) is 13.2. The van der Waals surface area contributed by atoms with Gasteiger partial charge >= 0.3 is 0 Å². The van der Waals surface area contributed by atoms with Crippen LogP contribution < -0.4 is 4.90 Å². The number of rotatable bonds is 6. The molecule has 0 N–H and O–H groups in total. The second kappa shape index (κ2) is 7.41. The Labute approximate surface area is 125 Å². The SMILES string of the molecule is COCCN(CCC#N)c1cc(Cl)nc(C(C)(C)C)n1. The average molecular weight is 297 g/mol. The third kappa shape index (κ3) is 4.95. The Morgan fingerprint density at radius 3 is 2.60 bits per heavy atom. The van der Waals surface area contributed by atoms with E-state index in [-0.39, 0.29) is 5.41 Å². The van der Waals surface area contributed by atoms with Crippen LogP contribution in [0.4, 0.5) is 5.82 Å². The second-order valence-corrected chi connectivity index (χ2v) is 5.90. The standard InChI is InChI=1S/C14H21ClN4O/c1-14(2,3)13-17-11(15)10-12(18-13)19(7-5-6-16)8-9-20-4/h10H,5,7-9H2,1-4H3. The summed E-state index contributed by atoms with van der Waals surface area (Å²) in [6.45, 7) is 7.94. The number of methoxy groups -OCH3 is 1. The minimum atomic E-state index is -0.179. The first-order valence-electron chi connectivity index (χ1n) is 6.54. The van der Waals surface area contributed by atoms with Crippen LogP contribution in [0.5, 0.6) is 0 Å². The van der Waals surface area contributed by atoms with Crippen LogP contribution in [0.15, 0.2) is 6.07 Å². The van der Waals surface area contributed by atoms with Gasteiger partial charge in [0.1, 0.15) is 16.8 Å². The van der Waals surface area contributed by atoms with Gasteiger partial charge in [-0.2, -0.15) is 5.26 Å². The van der Waals surface area contributed by atoms with E-state index in [1.165, 1.54) is 0 Å². The first kappa shape index (κ1) is 16.7. The molecule has 1 aromatic rings. The van der Waals surface area contributed by atoms with E-state index in [1.54, 1.807) is 13.2 Å². The minimum Gasteiger partial charge on any atom is -0.383 e. The molecular weight excluding hydrogens is 276 g/mol. The van der Waals surface area contributed by atoms with Crippen LogP contribution in [0, 0.1) is 11.3 Å². The molecule has 0 aliphatic carbocycles. The van der Waals surface area contributed by atoms with Crippen molar-refractivity contribution in [2.75, 3.05) is 31.7 Å². The fourth-order valence-corrected chi connectivity index (χ4v) is 1.81. The summed E-state index contributed by atoms with van der Waals surface area (Å²) < 4.78 is 5.10. The predicted octanol–water partition coefficient (Wildman–Crippen LogP) is 2.79. The summed E-state index contributed by atoms with van der Waals surface area (Å²) in [5.74, 6) is 1.43. The Hall–Kier alpha value is -1.38. The van der Waals surface area contributed by atoms with Crippen molar-refractivity contribution < 1.29 is 4.74 Å². The Bertz CT molecular complexity index is 479. The van der Waals surface area contributed by atoms with E-state index in [2.05, 4.69) is 16.0 Å². The lowest BCUT2D eigenvalue weighted by Gasteiger charge is -2.25. The molecular formula is C14H21ClN4O. The first-order chi connectivity index (χ1) is 9.38. The number of halogens is 1. The van der Waals surface area contributed by atoms with Gasteiger partial charge in [-0.25, -0.2) is 9.97 Å². The molecule has 6 heteroatoms. The van der Waals surface area contributed by atoms with Gasteiger partial charge in [0.15, 0.2) is 0 Å². The molecule has 20 heavy (non-hydrogen) atoms. The predicted molar refractivity (Wildman–Crippen MR) is 80.1 cm³/mol. The van der Waals surface area contributed by atoms with E-state index >= 15 is 0 Å². The Morgan fingerprint density at radius 1 is 1.35 bits per heavy atom. The van der Waals surface area contributed by atoms with Gasteiger partial charge < -0.3 is 9.64 Å². The van der Waals surface area contributed by atoms with Gasteiger partial charge in [-0.15, -0.1) is 0 Å². The number of anilines is 1. The lowest BCUT2D eigenvalue weighted by atomic mass is 9.96. The Balaban J connectivity index is 3.05. The molecule has 1 heterocycles. The van der Waals surface area contributed by atoms with Crippen LogP contribution in [0.1, 0.15) is 33.0 Å². The fraction of sp³-hybridized carbons (Fsp3) is 0.643. The van der Waals surface area contributed by atoms with Crippen molar-refractivity contribution in [2.45, 2.75) is 32.6 Å². The number of hydrogen-bond acceptors (Lipinski definition) is 5. The molecule has 5 nitrogen and oxygen atoms in total. The van der Waals surface area contributed by atoms with Crippen LogP contribution in [0.3, 0.4) is 0 Å². The van der Waals surface area contributed by atoms with Crippen LogP contribution in [-0.2, 0) is 10.2 Å². The molecule has 0 unspecified atom stereocenters.